The smallest absolute Gasteiger partial charge is 0.112 e. The Morgan fingerprint density at radius 3 is 2.34 bits per heavy atom. The Kier molecular flexibility index (Phi) is 5.80. The number of rotatable bonds is 4. The van der Waals surface area contributed by atoms with Crippen molar-refractivity contribution in [2.45, 2.75) is 39.3 Å². The van der Waals surface area contributed by atoms with Gasteiger partial charge in [0.05, 0.1) is 17.7 Å². The van der Waals surface area contributed by atoms with Gasteiger partial charge >= 0.3 is 0 Å². The zero-order valence-corrected chi connectivity index (χ0v) is 24.4. The van der Waals surface area contributed by atoms with E-state index < -0.39 is 8.07 Å². The monoisotopic (exact) mass is 518 g/mol. The summed E-state index contributed by atoms with van der Waals surface area (Å²) in [6, 6.07) is 23.3. The maximum absolute atomic E-state index is 3.59. The normalized spacial score (nSPS) is 16.0. The second-order valence-corrected chi connectivity index (χ2v) is 16.7. The van der Waals surface area contributed by atoms with Gasteiger partial charge in [-0.3, -0.25) is 4.57 Å². The minimum Gasteiger partial charge on any atom is -0.368 e. The van der Waals surface area contributed by atoms with Gasteiger partial charge in [0, 0.05) is 42.5 Å². The molecule has 38 heavy (non-hydrogen) atoms. The van der Waals surface area contributed by atoms with Crippen molar-refractivity contribution in [3.8, 4) is 0 Å². The maximum Gasteiger partial charge on any atom is 0.112 e. The van der Waals surface area contributed by atoms with Gasteiger partial charge in [-0.1, -0.05) is 92.8 Å². The van der Waals surface area contributed by atoms with Crippen LogP contribution in [-0.2, 0) is 5.41 Å². The number of anilines is 1. The highest BCUT2D eigenvalue weighted by atomic mass is 28.3. The summed E-state index contributed by atoms with van der Waals surface area (Å²) in [5, 5.41) is 9.13. The highest BCUT2D eigenvalue weighted by molar-refractivity contribution is 7.00. The van der Waals surface area contributed by atoms with Gasteiger partial charge in [-0.25, -0.2) is 0 Å². The third kappa shape index (κ3) is 4.15. The van der Waals surface area contributed by atoms with Crippen LogP contribution in [0.25, 0.3) is 27.6 Å². The van der Waals surface area contributed by atoms with Crippen LogP contribution in [-0.4, -0.2) is 37.8 Å². The number of benzene rings is 3. The largest absolute Gasteiger partial charge is 0.368 e. The predicted octanol–water partition coefficient (Wildman–Crippen LogP) is 6.05. The summed E-state index contributed by atoms with van der Waals surface area (Å²) >= 11 is 0. The molecular weight excluding hydrogens is 480 g/mol. The fraction of sp³-hybridized carbons (Fsp3) is 0.273. The number of hydrogen-bond acceptors (Lipinski definition) is 3. The van der Waals surface area contributed by atoms with Crippen LogP contribution in [0.2, 0.25) is 13.1 Å². The van der Waals surface area contributed by atoms with E-state index in [1.54, 1.807) is 0 Å². The molecule has 3 heterocycles. The molecule has 4 aromatic rings. The number of nitrogens with zero attached hydrogens (tertiary/aromatic N) is 3. The number of nitrogens with one attached hydrogen (secondary N) is 1. The van der Waals surface area contributed by atoms with Crippen LogP contribution in [0.1, 0.15) is 26.3 Å². The molecule has 5 heteroatoms. The third-order valence-electron chi connectivity index (χ3n) is 8.14. The van der Waals surface area contributed by atoms with Gasteiger partial charge in [-0.15, -0.1) is 0 Å². The van der Waals surface area contributed by atoms with Crippen molar-refractivity contribution in [2.24, 2.45) is 0 Å². The molecular formula is C33H38N4Si. The predicted molar refractivity (Wildman–Crippen MR) is 167 cm³/mol. The summed E-state index contributed by atoms with van der Waals surface area (Å²) in [4.78, 5) is 4.58. The van der Waals surface area contributed by atoms with Crippen molar-refractivity contribution in [3.63, 3.8) is 0 Å². The fourth-order valence-electron chi connectivity index (χ4n) is 5.66. The van der Waals surface area contributed by atoms with Gasteiger partial charge in [0.2, 0.25) is 0 Å². The Balaban J connectivity index is 1.53. The van der Waals surface area contributed by atoms with Crippen molar-refractivity contribution in [2.75, 3.05) is 25.2 Å². The molecule has 0 amide bonds. The van der Waals surface area contributed by atoms with E-state index in [0.29, 0.717) is 0 Å². The summed E-state index contributed by atoms with van der Waals surface area (Å²) in [5.74, 6) is 1.14. The molecule has 0 saturated heterocycles. The van der Waals surface area contributed by atoms with Gasteiger partial charge < -0.3 is 15.1 Å². The van der Waals surface area contributed by atoms with E-state index in [2.05, 4.69) is 152 Å². The van der Waals surface area contributed by atoms with Crippen LogP contribution in [0, 0.1) is 0 Å². The summed E-state index contributed by atoms with van der Waals surface area (Å²) in [7, 11) is 0.0942. The molecule has 1 aromatic heterocycles. The molecule has 0 atom stereocenters. The van der Waals surface area contributed by atoms with Crippen LogP contribution >= 0.6 is 0 Å². The van der Waals surface area contributed by atoms with Crippen LogP contribution in [0.3, 0.4) is 0 Å². The SMILES string of the molecule is CN1C=CN(c2cc(C(C)(C)C)cc([Si](C)(C)c3ccc4c5ccccc5n(C5=CC=CCN5)c4c3)c2)C1. The van der Waals surface area contributed by atoms with Crippen LogP contribution in [0.5, 0.6) is 0 Å². The highest BCUT2D eigenvalue weighted by Gasteiger charge is 2.30. The highest BCUT2D eigenvalue weighted by Crippen LogP contribution is 2.32. The zero-order valence-electron chi connectivity index (χ0n) is 23.4. The molecule has 0 aliphatic carbocycles. The second kappa shape index (κ2) is 8.95. The summed E-state index contributed by atoms with van der Waals surface area (Å²) in [6.45, 7) is 13.7. The molecule has 6 rings (SSSR count). The Morgan fingerprint density at radius 2 is 1.63 bits per heavy atom. The van der Waals surface area contributed by atoms with E-state index in [1.165, 1.54) is 43.4 Å². The van der Waals surface area contributed by atoms with E-state index in [-0.39, 0.29) is 5.41 Å². The van der Waals surface area contributed by atoms with E-state index in [4.69, 9.17) is 0 Å². The first kappa shape index (κ1) is 24.6. The van der Waals surface area contributed by atoms with E-state index in [9.17, 15) is 0 Å². The Morgan fingerprint density at radius 1 is 0.842 bits per heavy atom. The third-order valence-corrected chi connectivity index (χ3v) is 11.6. The first-order valence-corrected chi connectivity index (χ1v) is 16.6. The van der Waals surface area contributed by atoms with Crippen molar-refractivity contribution >= 4 is 51.8 Å². The summed E-state index contributed by atoms with van der Waals surface area (Å²) in [6.07, 6.45) is 10.8. The summed E-state index contributed by atoms with van der Waals surface area (Å²) in [5.41, 5.74) is 5.28. The summed E-state index contributed by atoms with van der Waals surface area (Å²) < 4.78 is 2.41. The van der Waals surface area contributed by atoms with E-state index in [0.717, 1.165) is 19.0 Å². The molecule has 0 spiro atoms. The van der Waals surface area contributed by atoms with Gasteiger partial charge in [0.1, 0.15) is 13.9 Å². The molecule has 4 nitrogen and oxygen atoms in total. The topological polar surface area (TPSA) is 23.4 Å². The Bertz CT molecular complexity index is 1630. The number of aromatic nitrogens is 1. The quantitative estimate of drug-likeness (QED) is 0.333. The van der Waals surface area contributed by atoms with Crippen LogP contribution in [0.4, 0.5) is 5.69 Å². The molecule has 2 aliphatic heterocycles. The number of allylic oxidation sites excluding steroid dienone is 2. The molecule has 2 aliphatic rings. The molecule has 1 N–H and O–H groups in total. The standard InChI is InChI=1S/C33H38N4Si/c1-33(2,3)24-19-25(36-18-17-35(4)23-36)21-27(20-24)38(5,6)26-14-15-29-28-11-7-8-12-30(28)37(31(29)22-26)32-13-9-10-16-34-32/h7-15,17-22,34H,16,23H2,1-6H3. The van der Waals surface area contributed by atoms with Crippen molar-refractivity contribution < 1.29 is 0 Å². The van der Waals surface area contributed by atoms with Crippen LogP contribution < -0.4 is 20.6 Å². The van der Waals surface area contributed by atoms with Gasteiger partial charge in [0.15, 0.2) is 0 Å². The van der Waals surface area contributed by atoms with Crippen molar-refractivity contribution in [3.05, 3.63) is 96.9 Å². The lowest BCUT2D eigenvalue weighted by Crippen LogP contribution is -2.53. The molecule has 0 unspecified atom stereocenters. The Hall–Kier alpha value is -3.70. The lowest BCUT2D eigenvalue weighted by molar-refractivity contribution is 0.495. The minimum atomic E-state index is -2.04. The number of fused-ring (bicyclic) bond motifs is 3. The van der Waals surface area contributed by atoms with Crippen molar-refractivity contribution in [1.29, 1.82) is 0 Å². The molecule has 0 radical (unpaired) electrons. The van der Waals surface area contributed by atoms with Gasteiger partial charge in [-0.2, -0.15) is 0 Å². The number of hydrogen-bond donors (Lipinski definition) is 1. The lowest BCUT2D eigenvalue weighted by Gasteiger charge is -2.30. The van der Waals surface area contributed by atoms with Crippen molar-refractivity contribution in [1.82, 2.24) is 14.8 Å². The van der Waals surface area contributed by atoms with E-state index >= 15 is 0 Å². The minimum absolute atomic E-state index is 0.0770. The molecule has 0 bridgehead atoms. The molecule has 0 fully saturated rings. The zero-order chi connectivity index (χ0) is 26.7. The molecule has 194 valence electrons. The molecule has 0 saturated carbocycles. The van der Waals surface area contributed by atoms with Gasteiger partial charge in [-0.05, 0) is 41.3 Å². The fourth-order valence-corrected chi connectivity index (χ4v) is 8.01. The average molecular weight is 519 g/mol. The molecule has 3 aromatic carbocycles. The first-order chi connectivity index (χ1) is 18.1. The number of dihydropyridines is 1. The number of para-hydroxylation sites is 1. The second-order valence-electron chi connectivity index (χ2n) is 12.3. The van der Waals surface area contributed by atoms with Crippen LogP contribution in [0.15, 0.2) is 91.3 Å². The van der Waals surface area contributed by atoms with Gasteiger partial charge in [0.25, 0.3) is 0 Å². The van der Waals surface area contributed by atoms with E-state index in [1.807, 2.05) is 0 Å². The Labute approximate surface area is 227 Å². The lowest BCUT2D eigenvalue weighted by atomic mass is 9.87. The maximum atomic E-state index is 3.59. The average Bonchev–Trinajstić information content (AvgIpc) is 3.49. The first-order valence-electron chi connectivity index (χ1n) is 13.6.